The number of esters is 1. The first-order chi connectivity index (χ1) is 9.15. The van der Waals surface area contributed by atoms with Crippen molar-refractivity contribution in [2.24, 2.45) is 5.73 Å². The van der Waals surface area contributed by atoms with Crippen LogP contribution in [-0.4, -0.2) is 31.8 Å². The molecule has 1 aromatic carbocycles. The SMILES string of the molecule is COC(=O)C[C@@H](CN)NC(=O)OCc1ccccc1. The first-order valence-electron chi connectivity index (χ1n) is 5.89. The van der Waals surface area contributed by atoms with E-state index in [1.54, 1.807) is 0 Å². The van der Waals surface area contributed by atoms with Crippen LogP contribution >= 0.6 is 0 Å². The van der Waals surface area contributed by atoms with E-state index < -0.39 is 18.1 Å². The lowest BCUT2D eigenvalue weighted by molar-refractivity contribution is -0.141. The van der Waals surface area contributed by atoms with Crippen molar-refractivity contribution in [3.63, 3.8) is 0 Å². The van der Waals surface area contributed by atoms with Crippen LogP contribution in [0.1, 0.15) is 12.0 Å². The molecule has 0 aromatic heterocycles. The van der Waals surface area contributed by atoms with E-state index in [4.69, 9.17) is 10.5 Å². The number of benzene rings is 1. The average Bonchev–Trinajstić information content (AvgIpc) is 2.45. The Morgan fingerprint density at radius 3 is 2.58 bits per heavy atom. The van der Waals surface area contributed by atoms with Crippen molar-refractivity contribution in [2.45, 2.75) is 19.1 Å². The number of nitrogens with one attached hydrogen (secondary N) is 1. The van der Waals surface area contributed by atoms with E-state index in [0.29, 0.717) is 0 Å². The summed E-state index contributed by atoms with van der Waals surface area (Å²) in [6.45, 7) is 0.303. The van der Waals surface area contributed by atoms with Crippen LogP contribution in [0, 0.1) is 0 Å². The maximum atomic E-state index is 11.5. The summed E-state index contributed by atoms with van der Waals surface area (Å²) in [4.78, 5) is 22.6. The van der Waals surface area contributed by atoms with Gasteiger partial charge in [0.05, 0.1) is 19.6 Å². The summed E-state index contributed by atoms with van der Waals surface area (Å²) in [5, 5.41) is 2.52. The van der Waals surface area contributed by atoms with Crippen LogP contribution in [0.15, 0.2) is 30.3 Å². The molecule has 1 rings (SSSR count). The molecule has 1 aromatic rings. The van der Waals surface area contributed by atoms with Gasteiger partial charge in [-0.3, -0.25) is 4.79 Å². The van der Waals surface area contributed by atoms with Crippen LogP contribution in [0.2, 0.25) is 0 Å². The molecule has 0 spiro atoms. The van der Waals surface area contributed by atoms with Crippen LogP contribution in [0.25, 0.3) is 0 Å². The normalized spacial score (nSPS) is 11.5. The minimum absolute atomic E-state index is 0.0213. The van der Waals surface area contributed by atoms with Gasteiger partial charge in [0.25, 0.3) is 0 Å². The minimum Gasteiger partial charge on any atom is -0.469 e. The standard InChI is InChI=1S/C13H18N2O4/c1-18-12(16)7-11(8-14)15-13(17)19-9-10-5-3-2-4-6-10/h2-6,11H,7-9,14H2,1H3,(H,15,17)/t11-/m0/s1. The first-order valence-corrected chi connectivity index (χ1v) is 5.89. The summed E-state index contributed by atoms with van der Waals surface area (Å²) in [7, 11) is 1.28. The van der Waals surface area contributed by atoms with E-state index in [9.17, 15) is 9.59 Å². The molecule has 0 fully saturated rings. The number of nitrogens with two attached hydrogens (primary N) is 1. The van der Waals surface area contributed by atoms with Crippen molar-refractivity contribution in [1.82, 2.24) is 5.32 Å². The number of rotatable bonds is 6. The zero-order valence-corrected chi connectivity index (χ0v) is 10.8. The second kappa shape index (κ2) is 8.10. The predicted octanol–water partition coefficient (Wildman–Crippen LogP) is 0.803. The number of carbonyl (C=O) groups is 2. The Balaban J connectivity index is 2.35. The molecule has 1 amide bonds. The molecular weight excluding hydrogens is 248 g/mol. The van der Waals surface area contributed by atoms with Crippen LogP contribution in [0.4, 0.5) is 4.79 Å². The predicted molar refractivity (Wildman–Crippen MR) is 69.2 cm³/mol. The van der Waals surface area contributed by atoms with Crippen LogP contribution in [0.3, 0.4) is 0 Å². The zero-order chi connectivity index (χ0) is 14.1. The molecule has 19 heavy (non-hydrogen) atoms. The Labute approximate surface area is 111 Å². The lowest BCUT2D eigenvalue weighted by Crippen LogP contribution is -2.42. The third-order valence-electron chi connectivity index (χ3n) is 2.46. The minimum atomic E-state index is -0.608. The number of hydrogen-bond donors (Lipinski definition) is 2. The van der Waals surface area contributed by atoms with Crippen molar-refractivity contribution in [3.8, 4) is 0 Å². The van der Waals surface area contributed by atoms with Crippen molar-refractivity contribution in [2.75, 3.05) is 13.7 Å². The summed E-state index contributed by atoms with van der Waals surface area (Å²) < 4.78 is 9.52. The molecule has 0 aliphatic rings. The van der Waals surface area contributed by atoms with Gasteiger partial charge in [0, 0.05) is 6.54 Å². The molecule has 3 N–H and O–H groups in total. The van der Waals surface area contributed by atoms with E-state index in [1.807, 2.05) is 30.3 Å². The van der Waals surface area contributed by atoms with E-state index in [-0.39, 0.29) is 19.6 Å². The molecule has 104 valence electrons. The third kappa shape index (κ3) is 5.87. The Bertz CT molecular complexity index is 408. The van der Waals surface area contributed by atoms with Gasteiger partial charge in [-0.05, 0) is 5.56 Å². The number of alkyl carbamates (subject to hydrolysis) is 1. The molecule has 0 heterocycles. The van der Waals surface area contributed by atoms with Gasteiger partial charge >= 0.3 is 12.1 Å². The molecule has 0 radical (unpaired) electrons. The molecule has 6 heteroatoms. The molecule has 0 aliphatic heterocycles. The molecule has 0 saturated carbocycles. The number of hydrogen-bond acceptors (Lipinski definition) is 5. The first kappa shape index (κ1) is 15.0. The van der Waals surface area contributed by atoms with Gasteiger partial charge in [-0.1, -0.05) is 30.3 Å². The van der Waals surface area contributed by atoms with Gasteiger partial charge in [0.2, 0.25) is 0 Å². The molecule has 6 nitrogen and oxygen atoms in total. The lowest BCUT2D eigenvalue weighted by atomic mass is 10.2. The summed E-state index contributed by atoms with van der Waals surface area (Å²) >= 11 is 0. The van der Waals surface area contributed by atoms with E-state index in [0.717, 1.165) is 5.56 Å². The largest absolute Gasteiger partial charge is 0.469 e. The van der Waals surface area contributed by atoms with Crippen molar-refractivity contribution < 1.29 is 19.1 Å². The fourth-order valence-corrected chi connectivity index (χ4v) is 1.41. The maximum absolute atomic E-state index is 11.5. The molecule has 0 saturated heterocycles. The van der Waals surface area contributed by atoms with Crippen LogP contribution in [0.5, 0.6) is 0 Å². The lowest BCUT2D eigenvalue weighted by Gasteiger charge is -2.15. The summed E-state index contributed by atoms with van der Waals surface area (Å²) in [6, 6.07) is 8.80. The van der Waals surface area contributed by atoms with Gasteiger partial charge in [0.1, 0.15) is 6.61 Å². The highest BCUT2D eigenvalue weighted by Crippen LogP contribution is 2.01. The Hall–Kier alpha value is -2.08. The quantitative estimate of drug-likeness (QED) is 0.743. The van der Waals surface area contributed by atoms with Crippen LogP contribution in [-0.2, 0) is 20.9 Å². The summed E-state index contributed by atoms with van der Waals surface area (Å²) in [5.41, 5.74) is 6.34. The topological polar surface area (TPSA) is 90.6 Å². The number of carbonyl (C=O) groups excluding carboxylic acids is 2. The van der Waals surface area contributed by atoms with Gasteiger partial charge in [-0.15, -0.1) is 0 Å². The Kier molecular flexibility index (Phi) is 6.38. The van der Waals surface area contributed by atoms with Crippen molar-refractivity contribution >= 4 is 12.1 Å². The van der Waals surface area contributed by atoms with E-state index in [1.165, 1.54) is 7.11 Å². The Morgan fingerprint density at radius 2 is 2.00 bits per heavy atom. The highest BCUT2D eigenvalue weighted by Gasteiger charge is 2.15. The zero-order valence-electron chi connectivity index (χ0n) is 10.8. The fraction of sp³-hybridized carbons (Fsp3) is 0.385. The van der Waals surface area contributed by atoms with Gasteiger partial charge in [-0.25, -0.2) is 4.79 Å². The summed E-state index contributed by atoms with van der Waals surface area (Å²) in [5.74, 6) is -0.432. The smallest absolute Gasteiger partial charge is 0.407 e. The molecule has 0 aliphatic carbocycles. The highest BCUT2D eigenvalue weighted by atomic mass is 16.5. The fourth-order valence-electron chi connectivity index (χ4n) is 1.41. The van der Waals surface area contributed by atoms with E-state index in [2.05, 4.69) is 10.1 Å². The molecule has 0 unspecified atom stereocenters. The van der Waals surface area contributed by atoms with Crippen molar-refractivity contribution in [1.29, 1.82) is 0 Å². The maximum Gasteiger partial charge on any atom is 0.407 e. The van der Waals surface area contributed by atoms with E-state index >= 15 is 0 Å². The van der Waals surface area contributed by atoms with Gasteiger partial charge in [0.15, 0.2) is 0 Å². The molecule has 1 atom stereocenters. The van der Waals surface area contributed by atoms with Gasteiger partial charge in [-0.2, -0.15) is 0 Å². The molecule has 0 bridgehead atoms. The average molecular weight is 266 g/mol. The monoisotopic (exact) mass is 266 g/mol. The third-order valence-corrected chi connectivity index (χ3v) is 2.46. The summed E-state index contributed by atoms with van der Waals surface area (Å²) in [6.07, 6.45) is -0.587. The van der Waals surface area contributed by atoms with Crippen LogP contribution < -0.4 is 11.1 Å². The second-order valence-corrected chi connectivity index (χ2v) is 3.92. The number of amides is 1. The Morgan fingerprint density at radius 1 is 1.32 bits per heavy atom. The van der Waals surface area contributed by atoms with Gasteiger partial charge < -0.3 is 20.5 Å². The second-order valence-electron chi connectivity index (χ2n) is 3.92. The number of methoxy groups -OCH3 is 1. The van der Waals surface area contributed by atoms with Crippen molar-refractivity contribution in [3.05, 3.63) is 35.9 Å². The highest BCUT2D eigenvalue weighted by molar-refractivity contribution is 5.72. The number of ether oxygens (including phenoxy) is 2. The molecular formula is C13H18N2O4.